The van der Waals surface area contributed by atoms with Crippen molar-refractivity contribution in [3.63, 3.8) is 0 Å². The first-order valence-electron chi connectivity index (χ1n) is 14.3. The van der Waals surface area contributed by atoms with Crippen molar-refractivity contribution < 1.29 is 0 Å². The van der Waals surface area contributed by atoms with Gasteiger partial charge in [-0.15, -0.1) is 0 Å². The summed E-state index contributed by atoms with van der Waals surface area (Å²) in [7, 11) is 0. The minimum Gasteiger partial charge on any atom is -0.0654 e. The van der Waals surface area contributed by atoms with Crippen molar-refractivity contribution in [1.29, 1.82) is 0 Å². The average Bonchev–Trinajstić information content (AvgIpc) is 2.73. The highest BCUT2D eigenvalue weighted by molar-refractivity contribution is 4.62. The van der Waals surface area contributed by atoms with Crippen LogP contribution in [0.1, 0.15) is 181 Å². The van der Waals surface area contributed by atoms with Gasteiger partial charge in [0.1, 0.15) is 0 Å². The quantitative estimate of drug-likeness (QED) is 0.132. The molecule has 0 nitrogen and oxygen atoms in total. The summed E-state index contributed by atoms with van der Waals surface area (Å²) in [6, 6.07) is 0. The Morgan fingerprint density at radius 1 is 0.276 bits per heavy atom. The van der Waals surface area contributed by atoms with Crippen molar-refractivity contribution in [2.45, 2.75) is 181 Å². The number of unbranched alkanes of at least 4 members (excludes halogenated alkanes) is 19. The molecule has 0 rings (SSSR count). The lowest BCUT2D eigenvalue weighted by Gasteiger charge is -2.17. The largest absolute Gasteiger partial charge is 0.0654 e. The van der Waals surface area contributed by atoms with Crippen molar-refractivity contribution in [3.05, 3.63) is 0 Å². The Labute approximate surface area is 187 Å². The van der Waals surface area contributed by atoms with E-state index in [2.05, 4.69) is 20.8 Å². The molecule has 0 fully saturated rings. The van der Waals surface area contributed by atoms with Gasteiger partial charge in [0, 0.05) is 0 Å². The Bertz CT molecular complexity index is 269. The van der Waals surface area contributed by atoms with Gasteiger partial charge in [-0.1, -0.05) is 181 Å². The van der Waals surface area contributed by atoms with Crippen molar-refractivity contribution in [1.82, 2.24) is 0 Å². The smallest absolute Gasteiger partial charge is 0.0414 e. The third kappa shape index (κ3) is 24.1. The lowest BCUT2D eigenvalue weighted by Crippen LogP contribution is -2.01. The molecule has 0 heterocycles. The molecule has 0 N–H and O–H groups in total. The highest BCUT2D eigenvalue weighted by atomic mass is 14.1. The summed E-state index contributed by atoms with van der Waals surface area (Å²) in [6.07, 6.45) is 36.8. The van der Waals surface area contributed by atoms with Gasteiger partial charge in [-0.2, -0.15) is 0 Å². The van der Waals surface area contributed by atoms with E-state index in [4.69, 9.17) is 0 Å². The summed E-state index contributed by atoms with van der Waals surface area (Å²) in [5.41, 5.74) is 0. The van der Waals surface area contributed by atoms with Gasteiger partial charge in [-0.3, -0.25) is 0 Å². The highest BCUT2D eigenvalue weighted by Crippen LogP contribution is 2.25. The fourth-order valence-electron chi connectivity index (χ4n) is 4.78. The first kappa shape index (κ1) is 29.0. The Kier molecular flexibility index (Phi) is 26.0. The Morgan fingerprint density at radius 2 is 0.483 bits per heavy atom. The van der Waals surface area contributed by atoms with Gasteiger partial charge in [0.2, 0.25) is 0 Å². The van der Waals surface area contributed by atoms with Gasteiger partial charge in [-0.05, 0) is 5.92 Å². The summed E-state index contributed by atoms with van der Waals surface area (Å²) in [6.45, 7) is 6.96. The molecule has 0 saturated carbocycles. The summed E-state index contributed by atoms with van der Waals surface area (Å²) < 4.78 is 0. The maximum atomic E-state index is 2.32. The van der Waals surface area contributed by atoms with Crippen LogP contribution in [-0.2, 0) is 0 Å². The van der Waals surface area contributed by atoms with Gasteiger partial charge < -0.3 is 0 Å². The van der Waals surface area contributed by atoms with E-state index in [9.17, 15) is 0 Å². The van der Waals surface area contributed by atoms with Crippen LogP contribution in [0.25, 0.3) is 0 Å². The maximum Gasteiger partial charge on any atom is -0.0414 e. The molecule has 0 radical (unpaired) electrons. The first-order valence-corrected chi connectivity index (χ1v) is 14.3. The van der Waals surface area contributed by atoms with E-state index in [0.29, 0.717) is 0 Å². The van der Waals surface area contributed by atoms with Crippen molar-refractivity contribution in [2.75, 3.05) is 0 Å². The number of rotatable bonds is 25. The van der Waals surface area contributed by atoms with Gasteiger partial charge in [0.15, 0.2) is 0 Å². The molecular formula is C29H60. The van der Waals surface area contributed by atoms with E-state index in [1.54, 1.807) is 0 Å². The molecule has 176 valence electrons. The molecule has 0 spiro atoms. The fraction of sp³-hybridized carbons (Fsp3) is 1.00. The van der Waals surface area contributed by atoms with Crippen molar-refractivity contribution in [3.8, 4) is 0 Å². The van der Waals surface area contributed by atoms with Gasteiger partial charge >= 0.3 is 0 Å². The molecule has 0 aliphatic rings. The Morgan fingerprint density at radius 3 is 0.724 bits per heavy atom. The molecular weight excluding hydrogens is 348 g/mol. The number of hydrogen-bond acceptors (Lipinski definition) is 0. The molecule has 0 aromatic heterocycles. The summed E-state index contributed by atoms with van der Waals surface area (Å²) in [4.78, 5) is 0. The molecule has 0 bridgehead atoms. The summed E-state index contributed by atoms with van der Waals surface area (Å²) >= 11 is 0. The van der Waals surface area contributed by atoms with Gasteiger partial charge in [0.05, 0.1) is 0 Å². The minimum atomic E-state index is 1.04. The topological polar surface area (TPSA) is 0 Å². The van der Waals surface area contributed by atoms with Gasteiger partial charge in [0.25, 0.3) is 0 Å². The van der Waals surface area contributed by atoms with Crippen LogP contribution in [0.4, 0.5) is 0 Å². The highest BCUT2D eigenvalue weighted by Gasteiger charge is 2.08. The lowest BCUT2D eigenvalue weighted by atomic mass is 9.89. The molecule has 0 aliphatic heterocycles. The zero-order valence-corrected chi connectivity index (χ0v) is 21.3. The Balaban J connectivity index is 3.78. The van der Waals surface area contributed by atoms with E-state index in [0.717, 1.165) is 5.92 Å². The molecule has 1 atom stereocenters. The zero-order chi connectivity index (χ0) is 21.3. The second-order valence-electron chi connectivity index (χ2n) is 9.95. The molecule has 0 heteroatoms. The second-order valence-corrected chi connectivity index (χ2v) is 9.95. The van der Waals surface area contributed by atoms with Crippen LogP contribution in [-0.4, -0.2) is 0 Å². The molecule has 0 saturated heterocycles. The third-order valence-electron chi connectivity index (χ3n) is 6.90. The lowest BCUT2D eigenvalue weighted by molar-refractivity contribution is 0.365. The van der Waals surface area contributed by atoms with E-state index >= 15 is 0 Å². The van der Waals surface area contributed by atoms with Crippen LogP contribution in [0.15, 0.2) is 0 Å². The maximum absolute atomic E-state index is 2.32. The van der Waals surface area contributed by atoms with Crippen LogP contribution in [0, 0.1) is 5.92 Å². The molecule has 0 aromatic rings. The predicted octanol–water partition coefficient (Wildman–Crippen LogP) is 11.4. The zero-order valence-electron chi connectivity index (χ0n) is 21.3. The molecule has 29 heavy (non-hydrogen) atoms. The SMILES string of the molecule is CCCCCCCCCCCC(CCCCCCCC)CCCCCCCCC. The third-order valence-corrected chi connectivity index (χ3v) is 6.90. The fourth-order valence-corrected chi connectivity index (χ4v) is 4.78. The number of hydrogen-bond donors (Lipinski definition) is 0. The average molecular weight is 409 g/mol. The van der Waals surface area contributed by atoms with Crippen LogP contribution >= 0.6 is 0 Å². The van der Waals surface area contributed by atoms with Crippen LogP contribution in [0.2, 0.25) is 0 Å². The molecule has 0 amide bonds. The summed E-state index contributed by atoms with van der Waals surface area (Å²) in [5.74, 6) is 1.04. The minimum absolute atomic E-state index is 1.04. The van der Waals surface area contributed by atoms with E-state index in [-0.39, 0.29) is 0 Å². The second kappa shape index (κ2) is 26.0. The normalized spacial score (nSPS) is 12.5. The Hall–Kier alpha value is 0. The molecule has 0 aromatic carbocycles. The monoisotopic (exact) mass is 408 g/mol. The van der Waals surface area contributed by atoms with E-state index < -0.39 is 0 Å². The first-order chi connectivity index (χ1) is 14.3. The van der Waals surface area contributed by atoms with Crippen molar-refractivity contribution in [2.24, 2.45) is 5.92 Å². The standard InChI is InChI=1S/C29H60/c1-4-7-10-13-16-17-19-22-25-28-29(26-23-20-15-12-9-6-3)27-24-21-18-14-11-8-5-2/h29H,4-28H2,1-3H3. The van der Waals surface area contributed by atoms with E-state index in [1.165, 1.54) is 161 Å². The predicted molar refractivity (Wildman–Crippen MR) is 136 cm³/mol. The van der Waals surface area contributed by atoms with Crippen molar-refractivity contribution >= 4 is 0 Å². The van der Waals surface area contributed by atoms with Crippen LogP contribution in [0.3, 0.4) is 0 Å². The summed E-state index contributed by atoms with van der Waals surface area (Å²) in [5, 5.41) is 0. The van der Waals surface area contributed by atoms with Crippen LogP contribution < -0.4 is 0 Å². The van der Waals surface area contributed by atoms with E-state index in [1.807, 2.05) is 0 Å². The molecule has 1 unspecified atom stereocenters. The van der Waals surface area contributed by atoms with Gasteiger partial charge in [-0.25, -0.2) is 0 Å². The van der Waals surface area contributed by atoms with Crippen LogP contribution in [0.5, 0.6) is 0 Å². The molecule has 0 aliphatic carbocycles.